The smallest absolute Gasteiger partial charge is 0.323 e. The highest BCUT2D eigenvalue weighted by Crippen LogP contribution is 2.34. The summed E-state index contributed by atoms with van der Waals surface area (Å²) in [6, 6.07) is 6.41. The van der Waals surface area contributed by atoms with Gasteiger partial charge in [-0.05, 0) is 12.1 Å². The van der Waals surface area contributed by atoms with Gasteiger partial charge in [-0.25, -0.2) is 0 Å². The highest BCUT2D eigenvalue weighted by atomic mass is 16.5. The Hall–Kier alpha value is -2.57. The SMILES string of the molecule is O=C(O)CC1Oc2ccccc2N(CC(=O)O)C1=O. The number of benzene rings is 1. The van der Waals surface area contributed by atoms with Crippen molar-refractivity contribution in [3.8, 4) is 5.75 Å². The highest BCUT2D eigenvalue weighted by Gasteiger charge is 2.36. The Morgan fingerprint density at radius 1 is 1.21 bits per heavy atom. The van der Waals surface area contributed by atoms with E-state index in [1.807, 2.05) is 0 Å². The lowest BCUT2D eigenvalue weighted by molar-refractivity contribution is -0.143. The van der Waals surface area contributed by atoms with Crippen LogP contribution in [0.15, 0.2) is 24.3 Å². The molecule has 0 radical (unpaired) electrons. The molecule has 2 N–H and O–H groups in total. The molecule has 1 atom stereocenters. The van der Waals surface area contributed by atoms with Gasteiger partial charge in [0.25, 0.3) is 5.91 Å². The number of anilines is 1. The third-order valence-electron chi connectivity index (χ3n) is 2.62. The number of carboxylic acids is 2. The van der Waals surface area contributed by atoms with Gasteiger partial charge < -0.3 is 14.9 Å². The summed E-state index contributed by atoms with van der Waals surface area (Å²) in [5.41, 5.74) is 0.330. The molecule has 19 heavy (non-hydrogen) atoms. The van der Waals surface area contributed by atoms with Crippen molar-refractivity contribution >= 4 is 23.5 Å². The highest BCUT2D eigenvalue weighted by molar-refractivity contribution is 6.04. The molecule has 0 fully saturated rings. The van der Waals surface area contributed by atoms with Crippen LogP contribution >= 0.6 is 0 Å². The topological polar surface area (TPSA) is 104 Å². The van der Waals surface area contributed by atoms with Gasteiger partial charge in [0.15, 0.2) is 6.10 Å². The zero-order valence-corrected chi connectivity index (χ0v) is 9.78. The summed E-state index contributed by atoms with van der Waals surface area (Å²) in [5.74, 6) is -2.73. The van der Waals surface area contributed by atoms with E-state index in [1.165, 1.54) is 0 Å². The number of amides is 1. The molecule has 7 nitrogen and oxygen atoms in total. The summed E-state index contributed by atoms with van der Waals surface area (Å²) < 4.78 is 5.30. The molecule has 1 aliphatic rings. The van der Waals surface area contributed by atoms with Crippen molar-refractivity contribution in [2.24, 2.45) is 0 Å². The number of rotatable bonds is 4. The second kappa shape index (κ2) is 4.97. The number of carbonyl (C=O) groups excluding carboxylic acids is 1. The summed E-state index contributed by atoms with van der Waals surface area (Å²) in [6.07, 6.45) is -1.71. The third kappa shape index (κ3) is 2.65. The van der Waals surface area contributed by atoms with Gasteiger partial charge in [0.1, 0.15) is 12.3 Å². The first kappa shape index (κ1) is 12.9. The Labute approximate surface area is 108 Å². The number of nitrogens with zero attached hydrogens (tertiary/aromatic N) is 1. The van der Waals surface area contributed by atoms with Crippen LogP contribution in [0.25, 0.3) is 0 Å². The largest absolute Gasteiger partial charge is 0.481 e. The lowest BCUT2D eigenvalue weighted by Gasteiger charge is -2.32. The second-order valence-corrected chi connectivity index (χ2v) is 3.99. The predicted molar refractivity (Wildman–Crippen MR) is 63.1 cm³/mol. The quantitative estimate of drug-likeness (QED) is 0.813. The molecule has 0 aromatic heterocycles. The van der Waals surface area contributed by atoms with E-state index >= 15 is 0 Å². The van der Waals surface area contributed by atoms with Crippen LogP contribution in [0.3, 0.4) is 0 Å². The van der Waals surface area contributed by atoms with E-state index in [9.17, 15) is 14.4 Å². The van der Waals surface area contributed by atoms with Crippen molar-refractivity contribution in [2.75, 3.05) is 11.4 Å². The number of fused-ring (bicyclic) bond motifs is 1. The van der Waals surface area contributed by atoms with Crippen LogP contribution in [-0.4, -0.2) is 40.7 Å². The molecule has 1 aromatic carbocycles. The van der Waals surface area contributed by atoms with Crippen molar-refractivity contribution in [1.29, 1.82) is 0 Å². The Morgan fingerprint density at radius 2 is 1.89 bits per heavy atom. The molecule has 0 aliphatic carbocycles. The number of ether oxygens (including phenoxy) is 1. The first-order valence-corrected chi connectivity index (χ1v) is 5.49. The Balaban J connectivity index is 2.36. The summed E-state index contributed by atoms with van der Waals surface area (Å²) in [6.45, 7) is -0.532. The maximum absolute atomic E-state index is 12.0. The molecule has 0 bridgehead atoms. The Morgan fingerprint density at radius 3 is 2.53 bits per heavy atom. The third-order valence-corrected chi connectivity index (χ3v) is 2.62. The van der Waals surface area contributed by atoms with Gasteiger partial charge in [0, 0.05) is 0 Å². The first-order valence-electron chi connectivity index (χ1n) is 5.49. The minimum Gasteiger partial charge on any atom is -0.481 e. The van der Waals surface area contributed by atoms with Gasteiger partial charge in [-0.3, -0.25) is 19.3 Å². The second-order valence-electron chi connectivity index (χ2n) is 3.99. The molecule has 0 saturated carbocycles. The van der Waals surface area contributed by atoms with Crippen molar-refractivity contribution in [3.63, 3.8) is 0 Å². The molecule has 2 rings (SSSR count). The van der Waals surface area contributed by atoms with Crippen LogP contribution in [-0.2, 0) is 14.4 Å². The van der Waals surface area contributed by atoms with Crippen LogP contribution in [0.1, 0.15) is 6.42 Å². The summed E-state index contributed by atoms with van der Waals surface area (Å²) in [4.78, 5) is 34.5. The van der Waals surface area contributed by atoms with E-state index < -0.39 is 36.9 Å². The van der Waals surface area contributed by atoms with Crippen molar-refractivity contribution in [3.05, 3.63) is 24.3 Å². The first-order chi connectivity index (χ1) is 8.99. The minimum atomic E-state index is -1.20. The molecule has 0 spiro atoms. The van der Waals surface area contributed by atoms with Gasteiger partial charge in [-0.1, -0.05) is 12.1 Å². The molecule has 0 saturated heterocycles. The van der Waals surface area contributed by atoms with Gasteiger partial charge in [0.2, 0.25) is 0 Å². The summed E-state index contributed by atoms with van der Waals surface area (Å²) in [7, 11) is 0. The molecule has 1 aromatic rings. The van der Waals surface area contributed by atoms with Gasteiger partial charge in [-0.15, -0.1) is 0 Å². The molecular formula is C12H11NO6. The van der Waals surface area contributed by atoms with E-state index in [1.54, 1.807) is 24.3 Å². The maximum Gasteiger partial charge on any atom is 0.323 e. The average Bonchev–Trinajstić information content (AvgIpc) is 2.33. The van der Waals surface area contributed by atoms with Crippen molar-refractivity contribution in [1.82, 2.24) is 0 Å². The van der Waals surface area contributed by atoms with Crippen LogP contribution in [0, 0.1) is 0 Å². The number of carboxylic acid groups (broad SMARTS) is 2. The molecule has 1 amide bonds. The molecule has 1 unspecified atom stereocenters. The number of aliphatic carboxylic acids is 2. The van der Waals surface area contributed by atoms with Crippen LogP contribution in [0.5, 0.6) is 5.75 Å². The number of para-hydroxylation sites is 2. The van der Waals surface area contributed by atoms with Crippen molar-refractivity contribution < 1.29 is 29.3 Å². The minimum absolute atomic E-state index is 0.301. The van der Waals surface area contributed by atoms with Gasteiger partial charge >= 0.3 is 11.9 Å². The van der Waals surface area contributed by atoms with E-state index in [0.717, 1.165) is 4.90 Å². The lowest BCUT2D eigenvalue weighted by atomic mass is 10.1. The van der Waals surface area contributed by atoms with E-state index in [-0.39, 0.29) is 0 Å². The number of hydrogen-bond acceptors (Lipinski definition) is 4. The number of carbonyl (C=O) groups is 3. The van der Waals surface area contributed by atoms with E-state index in [2.05, 4.69) is 0 Å². The van der Waals surface area contributed by atoms with Gasteiger partial charge in [0.05, 0.1) is 12.1 Å². The fourth-order valence-corrected chi connectivity index (χ4v) is 1.86. The van der Waals surface area contributed by atoms with E-state index in [4.69, 9.17) is 14.9 Å². The fraction of sp³-hybridized carbons (Fsp3) is 0.250. The zero-order valence-electron chi connectivity index (χ0n) is 9.78. The summed E-state index contributed by atoms with van der Waals surface area (Å²) >= 11 is 0. The molecule has 100 valence electrons. The van der Waals surface area contributed by atoms with Crippen LogP contribution in [0.2, 0.25) is 0 Å². The Bertz CT molecular complexity index is 541. The summed E-state index contributed by atoms with van der Waals surface area (Å²) in [5, 5.41) is 17.6. The fourth-order valence-electron chi connectivity index (χ4n) is 1.86. The predicted octanol–water partition coefficient (Wildman–Crippen LogP) is 0.340. The molecular weight excluding hydrogens is 254 g/mol. The Kier molecular flexibility index (Phi) is 3.37. The molecule has 1 aliphatic heterocycles. The zero-order chi connectivity index (χ0) is 14.0. The van der Waals surface area contributed by atoms with Crippen LogP contribution < -0.4 is 9.64 Å². The van der Waals surface area contributed by atoms with E-state index in [0.29, 0.717) is 11.4 Å². The standard InChI is InChI=1S/C12H11NO6/c14-10(15)5-9-12(18)13(6-11(16)17)7-3-1-2-4-8(7)19-9/h1-4,9H,5-6H2,(H,14,15)(H,16,17). The average molecular weight is 265 g/mol. The number of hydrogen-bond donors (Lipinski definition) is 2. The van der Waals surface area contributed by atoms with Crippen molar-refractivity contribution in [2.45, 2.75) is 12.5 Å². The monoisotopic (exact) mass is 265 g/mol. The normalized spacial score (nSPS) is 17.6. The molecule has 1 heterocycles. The van der Waals surface area contributed by atoms with Gasteiger partial charge in [-0.2, -0.15) is 0 Å². The maximum atomic E-state index is 12.0. The lowest BCUT2D eigenvalue weighted by Crippen LogP contribution is -2.48. The van der Waals surface area contributed by atoms with Crippen LogP contribution in [0.4, 0.5) is 5.69 Å². The molecule has 7 heteroatoms.